The van der Waals surface area contributed by atoms with Crippen LogP contribution in [0.15, 0.2) is 41.1 Å². The molecule has 0 bridgehead atoms. The van der Waals surface area contributed by atoms with Crippen LogP contribution in [-0.2, 0) is 22.1 Å². The highest BCUT2D eigenvalue weighted by Crippen LogP contribution is 2.26. The Labute approximate surface area is 142 Å². The summed E-state index contributed by atoms with van der Waals surface area (Å²) >= 11 is 1.68. The van der Waals surface area contributed by atoms with Crippen LogP contribution in [0.2, 0.25) is 0 Å². The first-order chi connectivity index (χ1) is 11.1. The Morgan fingerprint density at radius 3 is 2.65 bits per heavy atom. The van der Waals surface area contributed by atoms with Gasteiger partial charge in [0.1, 0.15) is 0 Å². The molecule has 2 aromatic rings. The minimum atomic E-state index is -3.04. The minimum Gasteiger partial charge on any atom is -0.381 e. The summed E-state index contributed by atoms with van der Waals surface area (Å²) < 4.78 is 25.2. The second kappa shape index (κ2) is 7.49. The van der Waals surface area contributed by atoms with Gasteiger partial charge in [-0.25, -0.2) is 8.42 Å². The van der Waals surface area contributed by atoms with Gasteiger partial charge in [0, 0.05) is 12.2 Å². The third-order valence-electron chi connectivity index (χ3n) is 4.43. The van der Waals surface area contributed by atoms with Crippen molar-refractivity contribution in [1.29, 1.82) is 0 Å². The summed E-state index contributed by atoms with van der Waals surface area (Å²) in [6, 6.07) is 9.89. The molecule has 1 N–H and O–H groups in total. The molecule has 1 aliphatic rings. The number of hydrogen-bond acceptors (Lipinski definition) is 4. The van der Waals surface area contributed by atoms with Gasteiger partial charge in [-0.2, -0.15) is 11.3 Å². The van der Waals surface area contributed by atoms with Crippen molar-refractivity contribution < 1.29 is 8.42 Å². The van der Waals surface area contributed by atoms with Crippen molar-refractivity contribution in [2.75, 3.05) is 5.32 Å². The molecule has 5 heteroatoms. The number of thiophene rings is 1. The van der Waals surface area contributed by atoms with E-state index in [0.717, 1.165) is 43.5 Å². The summed E-state index contributed by atoms with van der Waals surface area (Å²) in [6.07, 6.45) is 4.93. The van der Waals surface area contributed by atoms with Gasteiger partial charge < -0.3 is 5.32 Å². The smallest absolute Gasteiger partial charge is 0.157 e. The fourth-order valence-corrected chi connectivity index (χ4v) is 5.74. The van der Waals surface area contributed by atoms with Gasteiger partial charge in [0.05, 0.1) is 11.0 Å². The van der Waals surface area contributed by atoms with Gasteiger partial charge in [-0.05, 0) is 52.9 Å². The molecule has 0 amide bonds. The predicted molar refractivity (Wildman–Crippen MR) is 97.6 cm³/mol. The second-order valence-corrected chi connectivity index (χ2v) is 9.31. The Morgan fingerprint density at radius 1 is 1.09 bits per heavy atom. The van der Waals surface area contributed by atoms with Crippen molar-refractivity contribution in [1.82, 2.24) is 0 Å². The molecule has 1 saturated carbocycles. The molecule has 0 spiro atoms. The molecule has 0 saturated heterocycles. The fourth-order valence-electron chi connectivity index (χ4n) is 3.14. The first kappa shape index (κ1) is 16.5. The largest absolute Gasteiger partial charge is 0.381 e. The number of rotatable bonds is 6. The van der Waals surface area contributed by atoms with Crippen LogP contribution in [0, 0.1) is 0 Å². The molecule has 1 heterocycles. The molecule has 1 fully saturated rings. The average Bonchev–Trinajstić information content (AvgIpc) is 3.07. The van der Waals surface area contributed by atoms with E-state index in [1.165, 1.54) is 12.0 Å². The summed E-state index contributed by atoms with van der Waals surface area (Å²) in [7, 11) is -3.04. The van der Waals surface area contributed by atoms with E-state index in [4.69, 9.17) is 0 Å². The maximum Gasteiger partial charge on any atom is 0.157 e. The van der Waals surface area contributed by atoms with Gasteiger partial charge in [-0.1, -0.05) is 31.4 Å². The Kier molecular flexibility index (Phi) is 5.38. The molecule has 3 nitrogen and oxygen atoms in total. The molecule has 1 aliphatic carbocycles. The van der Waals surface area contributed by atoms with Crippen molar-refractivity contribution in [3.8, 4) is 0 Å². The van der Waals surface area contributed by atoms with Crippen LogP contribution in [0.1, 0.15) is 43.2 Å². The van der Waals surface area contributed by atoms with Crippen LogP contribution in [0.25, 0.3) is 0 Å². The lowest BCUT2D eigenvalue weighted by Crippen LogP contribution is -2.25. The van der Waals surface area contributed by atoms with Crippen molar-refractivity contribution in [3.05, 3.63) is 52.2 Å². The van der Waals surface area contributed by atoms with Crippen LogP contribution in [0.3, 0.4) is 0 Å². The van der Waals surface area contributed by atoms with Crippen LogP contribution in [-0.4, -0.2) is 13.7 Å². The summed E-state index contributed by atoms with van der Waals surface area (Å²) in [6.45, 7) is 0.766. The molecule has 23 heavy (non-hydrogen) atoms. The van der Waals surface area contributed by atoms with E-state index in [-0.39, 0.29) is 11.0 Å². The Hall–Kier alpha value is -1.33. The summed E-state index contributed by atoms with van der Waals surface area (Å²) in [5.41, 5.74) is 3.11. The van der Waals surface area contributed by atoms with Gasteiger partial charge in [0.2, 0.25) is 0 Å². The Balaban J connectivity index is 1.64. The molecular formula is C18H23NO2S2. The maximum atomic E-state index is 12.6. The van der Waals surface area contributed by atoms with Crippen LogP contribution >= 0.6 is 11.3 Å². The number of benzene rings is 1. The standard InChI is InChI=1S/C18H23NO2S2/c20-23(21,18-7-2-1-3-8-18)14-15-5-4-6-17(11-15)19-12-16-9-10-22-13-16/h4-6,9-11,13,18-19H,1-3,7-8,12,14H2. The number of hydrogen-bond donors (Lipinski definition) is 1. The van der Waals surface area contributed by atoms with Crippen LogP contribution in [0.5, 0.6) is 0 Å². The van der Waals surface area contributed by atoms with E-state index in [9.17, 15) is 8.42 Å². The minimum absolute atomic E-state index is 0.140. The average molecular weight is 350 g/mol. The van der Waals surface area contributed by atoms with Gasteiger partial charge in [0.15, 0.2) is 9.84 Å². The molecule has 1 aromatic heterocycles. The molecule has 3 rings (SSSR count). The van der Waals surface area contributed by atoms with Gasteiger partial charge in [-0.15, -0.1) is 0 Å². The second-order valence-electron chi connectivity index (χ2n) is 6.25. The fraction of sp³-hybridized carbons (Fsp3) is 0.444. The molecule has 0 unspecified atom stereocenters. The number of sulfone groups is 1. The molecular weight excluding hydrogens is 326 g/mol. The first-order valence-electron chi connectivity index (χ1n) is 8.19. The predicted octanol–water partition coefficient (Wildman–Crippen LogP) is 4.61. The summed E-state index contributed by atoms with van der Waals surface area (Å²) in [5.74, 6) is 0.158. The topological polar surface area (TPSA) is 46.2 Å². The lowest BCUT2D eigenvalue weighted by atomic mass is 10.0. The lowest BCUT2D eigenvalue weighted by molar-refractivity contribution is 0.483. The highest BCUT2D eigenvalue weighted by Gasteiger charge is 2.27. The van der Waals surface area contributed by atoms with Crippen molar-refractivity contribution >= 4 is 26.9 Å². The molecule has 124 valence electrons. The van der Waals surface area contributed by atoms with Crippen molar-refractivity contribution in [2.24, 2.45) is 0 Å². The van der Waals surface area contributed by atoms with Gasteiger partial charge in [0.25, 0.3) is 0 Å². The third kappa shape index (κ3) is 4.58. The first-order valence-corrected chi connectivity index (χ1v) is 10.8. The zero-order valence-corrected chi connectivity index (χ0v) is 14.8. The quantitative estimate of drug-likeness (QED) is 0.828. The van der Waals surface area contributed by atoms with Gasteiger partial charge >= 0.3 is 0 Å². The van der Waals surface area contributed by atoms with Gasteiger partial charge in [-0.3, -0.25) is 0 Å². The highest BCUT2D eigenvalue weighted by molar-refractivity contribution is 7.91. The molecule has 0 aliphatic heterocycles. The van der Waals surface area contributed by atoms with Crippen LogP contribution < -0.4 is 5.32 Å². The van der Waals surface area contributed by atoms with E-state index in [1.807, 2.05) is 24.3 Å². The normalized spacial score (nSPS) is 16.3. The lowest BCUT2D eigenvalue weighted by Gasteiger charge is -2.21. The van der Waals surface area contributed by atoms with E-state index in [2.05, 4.69) is 22.1 Å². The van der Waals surface area contributed by atoms with E-state index >= 15 is 0 Å². The number of anilines is 1. The van der Waals surface area contributed by atoms with Crippen LogP contribution in [0.4, 0.5) is 5.69 Å². The Bertz CT molecular complexity index is 717. The zero-order valence-electron chi connectivity index (χ0n) is 13.2. The summed E-state index contributed by atoms with van der Waals surface area (Å²) in [4.78, 5) is 0. The zero-order chi connectivity index (χ0) is 16.1. The van der Waals surface area contributed by atoms with Crippen molar-refractivity contribution in [3.63, 3.8) is 0 Å². The monoisotopic (exact) mass is 349 g/mol. The number of nitrogens with one attached hydrogen (secondary N) is 1. The Morgan fingerprint density at radius 2 is 1.91 bits per heavy atom. The van der Waals surface area contributed by atoms with E-state index < -0.39 is 9.84 Å². The highest BCUT2D eigenvalue weighted by atomic mass is 32.2. The SMILES string of the molecule is O=S(=O)(Cc1cccc(NCc2ccsc2)c1)C1CCCCC1. The summed E-state index contributed by atoms with van der Waals surface area (Å²) in [5, 5.41) is 7.40. The van der Waals surface area contributed by atoms with E-state index in [1.54, 1.807) is 11.3 Å². The van der Waals surface area contributed by atoms with Crippen molar-refractivity contribution in [2.45, 2.75) is 49.7 Å². The molecule has 0 atom stereocenters. The molecule has 0 radical (unpaired) electrons. The third-order valence-corrected chi connectivity index (χ3v) is 7.39. The molecule has 1 aromatic carbocycles. The van der Waals surface area contributed by atoms with E-state index in [0.29, 0.717) is 0 Å². The maximum absolute atomic E-state index is 12.6.